The van der Waals surface area contributed by atoms with Gasteiger partial charge in [-0.15, -0.1) is 0 Å². The lowest BCUT2D eigenvalue weighted by atomic mass is 10.2. The Balaban J connectivity index is 2.92. The van der Waals surface area contributed by atoms with Gasteiger partial charge < -0.3 is 0 Å². The predicted molar refractivity (Wildman–Crippen MR) is 47.2 cm³/mol. The average Bonchev–Trinajstić information content (AvgIpc) is 2.33. The SMILES string of the molecule is Cc1cc(C)c2cnc(C)n2n1. The van der Waals surface area contributed by atoms with Gasteiger partial charge in [-0.05, 0) is 32.4 Å². The van der Waals surface area contributed by atoms with Gasteiger partial charge in [-0.1, -0.05) is 0 Å². The first-order valence-corrected chi connectivity index (χ1v) is 3.97. The van der Waals surface area contributed by atoms with Crippen molar-refractivity contribution in [3.8, 4) is 0 Å². The maximum absolute atomic E-state index is 4.35. The number of nitrogens with zero attached hydrogens (tertiary/aromatic N) is 3. The van der Waals surface area contributed by atoms with E-state index < -0.39 is 0 Å². The number of aromatic nitrogens is 3. The Morgan fingerprint density at radius 1 is 1.25 bits per heavy atom. The van der Waals surface area contributed by atoms with Crippen LogP contribution in [0.25, 0.3) is 5.52 Å². The van der Waals surface area contributed by atoms with Crippen LogP contribution in [-0.4, -0.2) is 14.6 Å². The van der Waals surface area contributed by atoms with Crippen LogP contribution in [-0.2, 0) is 0 Å². The van der Waals surface area contributed by atoms with E-state index in [0.29, 0.717) is 0 Å². The summed E-state index contributed by atoms with van der Waals surface area (Å²) in [5, 5.41) is 4.35. The fourth-order valence-electron chi connectivity index (χ4n) is 1.41. The zero-order valence-electron chi connectivity index (χ0n) is 7.50. The lowest BCUT2D eigenvalue weighted by Gasteiger charge is -2.00. The van der Waals surface area contributed by atoms with E-state index in [2.05, 4.69) is 23.1 Å². The molecule has 0 N–H and O–H groups in total. The molecule has 0 unspecified atom stereocenters. The Morgan fingerprint density at radius 3 is 2.75 bits per heavy atom. The summed E-state index contributed by atoms with van der Waals surface area (Å²) < 4.78 is 1.88. The standard InChI is InChI=1S/C9H11N3/c1-6-4-7(2)11-12-8(3)10-5-9(6)12/h4-5H,1-3H3. The molecule has 0 radical (unpaired) electrons. The van der Waals surface area contributed by atoms with Crippen LogP contribution in [0.2, 0.25) is 0 Å². The predicted octanol–water partition coefficient (Wildman–Crippen LogP) is 1.65. The number of aryl methyl sites for hydroxylation is 3. The van der Waals surface area contributed by atoms with Gasteiger partial charge in [0.05, 0.1) is 17.4 Å². The Bertz CT molecular complexity index is 429. The topological polar surface area (TPSA) is 30.2 Å². The van der Waals surface area contributed by atoms with Crippen LogP contribution in [0.5, 0.6) is 0 Å². The van der Waals surface area contributed by atoms with Crippen LogP contribution >= 0.6 is 0 Å². The van der Waals surface area contributed by atoms with Crippen molar-refractivity contribution < 1.29 is 0 Å². The smallest absolute Gasteiger partial charge is 0.127 e. The van der Waals surface area contributed by atoms with Crippen molar-refractivity contribution in [3.05, 3.63) is 29.3 Å². The molecule has 3 heteroatoms. The summed E-state index contributed by atoms with van der Waals surface area (Å²) in [6.45, 7) is 6.02. The summed E-state index contributed by atoms with van der Waals surface area (Å²) in [4.78, 5) is 4.20. The van der Waals surface area contributed by atoms with E-state index in [-0.39, 0.29) is 0 Å². The van der Waals surface area contributed by atoms with Gasteiger partial charge in [0.15, 0.2) is 0 Å². The average molecular weight is 161 g/mol. The molecule has 2 heterocycles. The molecular weight excluding hydrogens is 150 g/mol. The Morgan fingerprint density at radius 2 is 2.00 bits per heavy atom. The van der Waals surface area contributed by atoms with Crippen molar-refractivity contribution in [3.63, 3.8) is 0 Å². The van der Waals surface area contributed by atoms with Crippen molar-refractivity contribution >= 4 is 5.52 Å². The molecule has 0 aliphatic rings. The number of imidazole rings is 1. The summed E-state index contributed by atoms with van der Waals surface area (Å²) in [6, 6.07) is 2.07. The largest absolute Gasteiger partial charge is 0.239 e. The van der Waals surface area contributed by atoms with Crippen LogP contribution in [0.1, 0.15) is 17.1 Å². The maximum Gasteiger partial charge on any atom is 0.127 e. The molecule has 0 aromatic carbocycles. The van der Waals surface area contributed by atoms with Crippen LogP contribution in [0.3, 0.4) is 0 Å². The summed E-state index contributed by atoms with van der Waals surface area (Å²) in [7, 11) is 0. The molecule has 0 saturated carbocycles. The lowest BCUT2D eigenvalue weighted by Crippen LogP contribution is -1.97. The summed E-state index contributed by atoms with van der Waals surface area (Å²) in [6.07, 6.45) is 1.86. The van der Waals surface area contributed by atoms with Gasteiger partial charge in [0.25, 0.3) is 0 Å². The number of fused-ring (bicyclic) bond motifs is 1. The molecule has 0 aliphatic carbocycles. The summed E-state index contributed by atoms with van der Waals surface area (Å²) in [5.74, 6) is 0.941. The molecule has 0 bridgehead atoms. The van der Waals surface area contributed by atoms with Crippen molar-refractivity contribution in [1.29, 1.82) is 0 Å². The highest BCUT2D eigenvalue weighted by Crippen LogP contribution is 2.10. The van der Waals surface area contributed by atoms with Crippen molar-refractivity contribution in [2.24, 2.45) is 0 Å². The van der Waals surface area contributed by atoms with E-state index in [1.54, 1.807) is 0 Å². The molecule has 12 heavy (non-hydrogen) atoms. The Hall–Kier alpha value is -1.38. The van der Waals surface area contributed by atoms with Crippen LogP contribution < -0.4 is 0 Å². The third-order valence-electron chi connectivity index (χ3n) is 2.00. The lowest BCUT2D eigenvalue weighted by molar-refractivity contribution is 0.847. The molecule has 2 aromatic rings. The molecule has 0 atom stereocenters. The van der Waals surface area contributed by atoms with Gasteiger partial charge in [0.2, 0.25) is 0 Å². The Labute approximate surface area is 71.1 Å². The summed E-state index contributed by atoms with van der Waals surface area (Å²) >= 11 is 0. The normalized spacial score (nSPS) is 10.9. The molecule has 0 spiro atoms. The van der Waals surface area contributed by atoms with E-state index in [4.69, 9.17) is 0 Å². The minimum atomic E-state index is 0.941. The van der Waals surface area contributed by atoms with Crippen LogP contribution in [0.15, 0.2) is 12.3 Å². The highest BCUT2D eigenvalue weighted by Gasteiger charge is 2.02. The first-order chi connectivity index (χ1) is 5.68. The minimum Gasteiger partial charge on any atom is -0.239 e. The second-order valence-electron chi connectivity index (χ2n) is 3.07. The zero-order chi connectivity index (χ0) is 8.72. The first-order valence-electron chi connectivity index (χ1n) is 3.97. The van der Waals surface area contributed by atoms with E-state index in [1.165, 1.54) is 5.56 Å². The van der Waals surface area contributed by atoms with Gasteiger partial charge in [0.1, 0.15) is 5.82 Å². The van der Waals surface area contributed by atoms with Gasteiger partial charge in [-0.2, -0.15) is 5.10 Å². The molecule has 62 valence electrons. The van der Waals surface area contributed by atoms with Crippen molar-refractivity contribution in [2.45, 2.75) is 20.8 Å². The van der Waals surface area contributed by atoms with E-state index in [1.807, 2.05) is 24.6 Å². The summed E-state index contributed by atoms with van der Waals surface area (Å²) in [5.41, 5.74) is 3.35. The highest BCUT2D eigenvalue weighted by molar-refractivity contribution is 5.52. The maximum atomic E-state index is 4.35. The number of hydrogen-bond acceptors (Lipinski definition) is 2. The third kappa shape index (κ3) is 0.897. The molecule has 2 rings (SSSR count). The number of rotatable bonds is 0. The van der Waals surface area contributed by atoms with Gasteiger partial charge in [-0.25, -0.2) is 9.50 Å². The third-order valence-corrected chi connectivity index (χ3v) is 2.00. The number of hydrogen-bond donors (Lipinski definition) is 0. The molecular formula is C9H11N3. The van der Waals surface area contributed by atoms with Crippen molar-refractivity contribution in [2.75, 3.05) is 0 Å². The molecule has 0 amide bonds. The molecule has 2 aromatic heterocycles. The fraction of sp³-hybridized carbons (Fsp3) is 0.333. The van der Waals surface area contributed by atoms with E-state index in [0.717, 1.165) is 17.0 Å². The Kier molecular flexibility index (Phi) is 1.40. The minimum absolute atomic E-state index is 0.941. The van der Waals surface area contributed by atoms with Gasteiger partial charge >= 0.3 is 0 Å². The molecule has 0 fully saturated rings. The van der Waals surface area contributed by atoms with E-state index in [9.17, 15) is 0 Å². The molecule has 0 aliphatic heterocycles. The zero-order valence-corrected chi connectivity index (χ0v) is 7.50. The molecule has 3 nitrogen and oxygen atoms in total. The van der Waals surface area contributed by atoms with Gasteiger partial charge in [-0.3, -0.25) is 0 Å². The molecule has 0 saturated heterocycles. The van der Waals surface area contributed by atoms with E-state index >= 15 is 0 Å². The fourth-order valence-corrected chi connectivity index (χ4v) is 1.41. The second-order valence-corrected chi connectivity index (χ2v) is 3.07. The van der Waals surface area contributed by atoms with Crippen LogP contribution in [0, 0.1) is 20.8 Å². The first kappa shape index (κ1) is 7.28. The van der Waals surface area contributed by atoms with Crippen molar-refractivity contribution in [1.82, 2.24) is 14.6 Å². The van der Waals surface area contributed by atoms with Gasteiger partial charge in [0, 0.05) is 0 Å². The highest BCUT2D eigenvalue weighted by atomic mass is 15.3. The quantitative estimate of drug-likeness (QED) is 0.588. The monoisotopic (exact) mass is 161 g/mol. The van der Waals surface area contributed by atoms with Crippen LogP contribution in [0.4, 0.5) is 0 Å². The second kappa shape index (κ2) is 2.30.